The van der Waals surface area contributed by atoms with E-state index >= 15 is 0 Å². The first-order valence-electron chi connectivity index (χ1n) is 3.22. The lowest BCUT2D eigenvalue weighted by Gasteiger charge is -2.12. The number of hydrogen-bond donors (Lipinski definition) is 1. The second-order valence-corrected chi connectivity index (χ2v) is 2.54. The first kappa shape index (κ1) is 9.14. The fraction of sp³-hybridized carbons (Fsp3) is 0.714. The molecule has 0 saturated heterocycles. The van der Waals surface area contributed by atoms with Crippen molar-refractivity contribution >= 4 is 12.2 Å². The minimum absolute atomic E-state index is 0.112. The van der Waals surface area contributed by atoms with Crippen LogP contribution >= 0.6 is 0 Å². The van der Waals surface area contributed by atoms with Crippen molar-refractivity contribution in [1.29, 1.82) is 0 Å². The van der Waals surface area contributed by atoms with Crippen molar-refractivity contribution in [2.75, 3.05) is 0 Å². The van der Waals surface area contributed by atoms with Crippen molar-refractivity contribution in [3.8, 4) is 0 Å². The van der Waals surface area contributed by atoms with Gasteiger partial charge in [0.05, 0.1) is 6.04 Å². The lowest BCUT2D eigenvalue weighted by molar-refractivity contribution is -0.119. The van der Waals surface area contributed by atoms with Crippen LogP contribution in [0.5, 0.6) is 0 Å². The minimum atomic E-state index is -0.461. The van der Waals surface area contributed by atoms with Crippen LogP contribution < -0.4 is 5.32 Å². The van der Waals surface area contributed by atoms with Crippen molar-refractivity contribution in [1.82, 2.24) is 5.32 Å². The summed E-state index contributed by atoms with van der Waals surface area (Å²) in [5, 5.41) is 2.47. The van der Waals surface area contributed by atoms with Crippen molar-refractivity contribution in [3.63, 3.8) is 0 Å². The highest BCUT2D eigenvalue weighted by molar-refractivity contribution is 5.77. The van der Waals surface area contributed by atoms with Crippen LogP contribution in [0.3, 0.4) is 0 Å². The number of carbonyl (C=O) groups excluding carboxylic acids is 2. The predicted octanol–water partition coefficient (Wildman–Crippen LogP) is 0.257. The molecule has 0 aliphatic heterocycles. The topological polar surface area (TPSA) is 46.2 Å². The van der Waals surface area contributed by atoms with Gasteiger partial charge in [0.1, 0.15) is 0 Å². The maximum absolute atomic E-state index is 10.4. The summed E-state index contributed by atoms with van der Waals surface area (Å²) in [4.78, 5) is 20.6. The van der Waals surface area contributed by atoms with Gasteiger partial charge in [-0.05, 0) is 5.92 Å². The Morgan fingerprint density at radius 3 is 2.10 bits per heavy atom. The van der Waals surface area contributed by atoms with E-state index in [0.29, 0.717) is 0 Å². The molecule has 0 aliphatic carbocycles. The fourth-order valence-electron chi connectivity index (χ4n) is 0.551. The standard InChI is InChI=1S/C7H12NO2/c1-5(2)7(4-9)8-6(3)10/h5,7H,1-3H3,(H,8,10)/t7-/m1/s1. The largest absolute Gasteiger partial charge is 0.346 e. The molecule has 0 fully saturated rings. The van der Waals surface area contributed by atoms with Crippen LogP contribution in [0.2, 0.25) is 0 Å². The second-order valence-electron chi connectivity index (χ2n) is 2.54. The van der Waals surface area contributed by atoms with Crippen LogP contribution in [0.25, 0.3) is 0 Å². The van der Waals surface area contributed by atoms with Crippen LogP contribution in [0.15, 0.2) is 0 Å². The molecule has 0 aromatic rings. The maximum Gasteiger partial charge on any atom is 0.223 e. The molecule has 1 radical (unpaired) electrons. The monoisotopic (exact) mass is 142 g/mol. The van der Waals surface area contributed by atoms with Crippen molar-refractivity contribution in [2.24, 2.45) is 5.92 Å². The number of hydrogen-bond acceptors (Lipinski definition) is 2. The molecule has 57 valence electrons. The Bertz CT molecular complexity index is 132. The molecular formula is C7H12NO2. The number of amides is 1. The number of nitrogens with one attached hydrogen (secondary N) is 1. The van der Waals surface area contributed by atoms with Gasteiger partial charge in [0, 0.05) is 6.92 Å². The Balaban J connectivity index is 3.83. The van der Waals surface area contributed by atoms with Crippen molar-refractivity contribution in [3.05, 3.63) is 0 Å². The van der Waals surface area contributed by atoms with E-state index in [4.69, 9.17) is 0 Å². The quantitative estimate of drug-likeness (QED) is 0.614. The first-order valence-corrected chi connectivity index (χ1v) is 3.22. The van der Waals surface area contributed by atoms with E-state index in [1.54, 1.807) is 6.29 Å². The van der Waals surface area contributed by atoms with E-state index in [1.807, 2.05) is 13.8 Å². The molecular weight excluding hydrogens is 130 g/mol. The average molecular weight is 142 g/mol. The van der Waals surface area contributed by atoms with E-state index in [0.717, 1.165) is 0 Å². The van der Waals surface area contributed by atoms with Crippen LogP contribution in [-0.2, 0) is 9.59 Å². The van der Waals surface area contributed by atoms with E-state index in [-0.39, 0.29) is 11.8 Å². The smallest absolute Gasteiger partial charge is 0.223 e. The molecule has 0 aliphatic rings. The van der Waals surface area contributed by atoms with Gasteiger partial charge in [0.25, 0.3) is 0 Å². The highest BCUT2D eigenvalue weighted by Crippen LogP contribution is 1.97. The molecule has 0 aromatic carbocycles. The van der Waals surface area contributed by atoms with E-state index in [2.05, 4.69) is 5.32 Å². The molecule has 3 nitrogen and oxygen atoms in total. The fourth-order valence-corrected chi connectivity index (χ4v) is 0.551. The van der Waals surface area contributed by atoms with Gasteiger partial charge >= 0.3 is 0 Å². The van der Waals surface area contributed by atoms with Gasteiger partial charge in [-0.1, -0.05) is 13.8 Å². The summed E-state index contributed by atoms with van der Waals surface area (Å²) in [5.41, 5.74) is 0. The minimum Gasteiger partial charge on any atom is -0.346 e. The van der Waals surface area contributed by atoms with E-state index in [9.17, 15) is 9.59 Å². The van der Waals surface area contributed by atoms with Gasteiger partial charge < -0.3 is 5.32 Å². The Morgan fingerprint density at radius 2 is 2.00 bits per heavy atom. The first-order chi connectivity index (χ1) is 4.57. The molecule has 0 aromatic heterocycles. The van der Waals surface area contributed by atoms with Crippen molar-refractivity contribution < 1.29 is 9.59 Å². The Morgan fingerprint density at radius 1 is 1.50 bits per heavy atom. The summed E-state index contributed by atoms with van der Waals surface area (Å²) in [6.07, 6.45) is 1.75. The zero-order valence-electron chi connectivity index (χ0n) is 6.47. The summed E-state index contributed by atoms with van der Waals surface area (Å²) in [5.74, 6) is -0.0801. The third-order valence-corrected chi connectivity index (χ3v) is 1.15. The van der Waals surface area contributed by atoms with Gasteiger partial charge in [-0.2, -0.15) is 0 Å². The van der Waals surface area contributed by atoms with Gasteiger partial charge in [-0.25, -0.2) is 0 Å². The van der Waals surface area contributed by atoms with Gasteiger partial charge in [-0.15, -0.1) is 0 Å². The number of rotatable bonds is 3. The normalized spacial score (nSPS) is 12.8. The molecule has 3 heteroatoms. The number of carbonyl (C=O) groups is 1. The second kappa shape index (κ2) is 4.04. The summed E-state index contributed by atoms with van der Waals surface area (Å²) >= 11 is 0. The highest BCUT2D eigenvalue weighted by atomic mass is 16.2. The Labute approximate surface area is 60.8 Å². The molecule has 0 spiro atoms. The summed E-state index contributed by atoms with van der Waals surface area (Å²) in [6, 6.07) is -0.461. The molecule has 0 unspecified atom stereocenters. The summed E-state index contributed by atoms with van der Waals surface area (Å²) in [7, 11) is 0. The summed E-state index contributed by atoms with van der Waals surface area (Å²) < 4.78 is 0. The van der Waals surface area contributed by atoms with Gasteiger partial charge in [0.15, 0.2) is 0 Å². The zero-order valence-corrected chi connectivity index (χ0v) is 6.47. The third kappa shape index (κ3) is 3.22. The lowest BCUT2D eigenvalue weighted by Crippen LogP contribution is -2.38. The van der Waals surface area contributed by atoms with E-state index < -0.39 is 6.04 Å². The molecule has 0 saturated carbocycles. The molecule has 10 heavy (non-hydrogen) atoms. The van der Waals surface area contributed by atoms with Gasteiger partial charge in [-0.3, -0.25) is 9.59 Å². The molecule has 0 heterocycles. The van der Waals surface area contributed by atoms with E-state index in [1.165, 1.54) is 6.92 Å². The van der Waals surface area contributed by atoms with Crippen LogP contribution in [0.4, 0.5) is 0 Å². The van der Waals surface area contributed by atoms with Crippen LogP contribution in [-0.4, -0.2) is 18.2 Å². The average Bonchev–Trinajstić information content (AvgIpc) is 1.81. The maximum atomic E-state index is 10.4. The van der Waals surface area contributed by atoms with Crippen molar-refractivity contribution in [2.45, 2.75) is 26.8 Å². The zero-order chi connectivity index (χ0) is 8.15. The SMILES string of the molecule is CC(=O)N[C@H]([C]=O)C(C)C. The molecule has 1 amide bonds. The molecule has 1 N–H and O–H groups in total. The lowest BCUT2D eigenvalue weighted by atomic mass is 10.1. The highest BCUT2D eigenvalue weighted by Gasteiger charge is 2.12. The molecule has 0 rings (SSSR count). The molecule has 1 atom stereocenters. The van der Waals surface area contributed by atoms with Crippen LogP contribution in [0.1, 0.15) is 20.8 Å². The summed E-state index contributed by atoms with van der Waals surface area (Å²) in [6.45, 7) is 5.09. The Hall–Kier alpha value is -0.860. The third-order valence-electron chi connectivity index (χ3n) is 1.15. The molecule has 0 bridgehead atoms. The van der Waals surface area contributed by atoms with Gasteiger partial charge in [0.2, 0.25) is 12.2 Å². The Kier molecular flexibility index (Phi) is 3.69. The van der Waals surface area contributed by atoms with Crippen LogP contribution in [0, 0.1) is 5.92 Å². The predicted molar refractivity (Wildman–Crippen MR) is 38.1 cm³/mol.